The summed E-state index contributed by atoms with van der Waals surface area (Å²) >= 11 is 0. The number of ether oxygens (including phenoxy) is 1. The Morgan fingerprint density at radius 1 is 0.750 bits per heavy atom. The lowest BCUT2D eigenvalue weighted by Gasteiger charge is -2.15. The molecule has 0 aliphatic carbocycles. The second kappa shape index (κ2) is 16.8. The van der Waals surface area contributed by atoms with Gasteiger partial charge in [-0.25, -0.2) is 0 Å². The van der Waals surface area contributed by atoms with Gasteiger partial charge in [0.05, 0.1) is 6.10 Å². The first-order valence-corrected chi connectivity index (χ1v) is 9.11. The molecule has 0 rings (SSSR count). The summed E-state index contributed by atoms with van der Waals surface area (Å²) in [6.45, 7) is 7.68. The Bertz CT molecular complexity index is 198. The minimum atomic E-state index is 0.500. The summed E-state index contributed by atoms with van der Waals surface area (Å²) in [6.07, 6.45) is 20.8. The zero-order valence-electron chi connectivity index (χ0n) is 14.3. The maximum atomic E-state index is 5.90. The maximum Gasteiger partial charge on any atom is 0.0572 e. The van der Waals surface area contributed by atoms with Crippen LogP contribution in [0.5, 0.6) is 0 Å². The van der Waals surface area contributed by atoms with Crippen LogP contribution in [0.1, 0.15) is 97.8 Å². The van der Waals surface area contributed by atoms with Crippen molar-refractivity contribution in [3.8, 4) is 0 Å². The monoisotopic (exact) mass is 282 g/mol. The fraction of sp³-hybridized carbons (Fsp3) is 0.895. The van der Waals surface area contributed by atoms with Gasteiger partial charge in [0.25, 0.3) is 0 Å². The Morgan fingerprint density at radius 2 is 1.40 bits per heavy atom. The number of rotatable bonds is 15. The van der Waals surface area contributed by atoms with Gasteiger partial charge in [-0.2, -0.15) is 0 Å². The molecule has 0 spiro atoms. The summed E-state index contributed by atoms with van der Waals surface area (Å²) in [5, 5.41) is 0. The van der Waals surface area contributed by atoms with Gasteiger partial charge in [-0.3, -0.25) is 0 Å². The first-order valence-electron chi connectivity index (χ1n) is 9.11. The number of allylic oxidation sites excluding steroid dienone is 2. The molecule has 0 fully saturated rings. The molecule has 0 aromatic rings. The predicted octanol–water partition coefficient (Wildman–Crippen LogP) is 6.67. The number of hydrogen-bond acceptors (Lipinski definition) is 1. The van der Waals surface area contributed by atoms with E-state index in [4.69, 9.17) is 4.74 Å². The number of hydrogen-bond donors (Lipinski definition) is 0. The van der Waals surface area contributed by atoms with Crippen LogP contribution in [0.15, 0.2) is 12.2 Å². The quantitative estimate of drug-likeness (QED) is 0.241. The van der Waals surface area contributed by atoms with Crippen molar-refractivity contribution in [2.45, 2.75) is 104 Å². The Hall–Kier alpha value is -0.300. The standard InChI is InChI=1S/C19H38O/c1-4-7-9-10-11-12-13-14-15-16-17-19(6-3)20-18-8-5-2/h12-13,19H,4-11,14-18H2,1-3H3/b13-12-. The first kappa shape index (κ1) is 19.7. The van der Waals surface area contributed by atoms with E-state index in [2.05, 4.69) is 32.9 Å². The topological polar surface area (TPSA) is 9.23 Å². The molecule has 1 heteroatoms. The van der Waals surface area contributed by atoms with Crippen LogP contribution in [-0.4, -0.2) is 12.7 Å². The molecule has 0 aromatic heterocycles. The van der Waals surface area contributed by atoms with Gasteiger partial charge in [0.2, 0.25) is 0 Å². The van der Waals surface area contributed by atoms with Crippen molar-refractivity contribution >= 4 is 0 Å². The highest BCUT2D eigenvalue weighted by atomic mass is 16.5. The molecule has 120 valence electrons. The third-order valence-electron chi connectivity index (χ3n) is 3.84. The largest absolute Gasteiger partial charge is 0.378 e. The lowest BCUT2D eigenvalue weighted by molar-refractivity contribution is 0.0416. The zero-order chi connectivity index (χ0) is 14.9. The normalized spacial score (nSPS) is 13.2. The summed E-state index contributed by atoms with van der Waals surface area (Å²) in [5.41, 5.74) is 0. The molecule has 1 atom stereocenters. The Labute approximate surface area is 128 Å². The minimum Gasteiger partial charge on any atom is -0.378 e. The van der Waals surface area contributed by atoms with Gasteiger partial charge in [-0.05, 0) is 44.9 Å². The van der Waals surface area contributed by atoms with E-state index in [-0.39, 0.29) is 0 Å². The van der Waals surface area contributed by atoms with E-state index in [1.54, 1.807) is 0 Å². The zero-order valence-corrected chi connectivity index (χ0v) is 14.3. The van der Waals surface area contributed by atoms with Crippen LogP contribution in [-0.2, 0) is 4.74 Å². The van der Waals surface area contributed by atoms with Crippen LogP contribution in [0.3, 0.4) is 0 Å². The van der Waals surface area contributed by atoms with E-state index in [1.165, 1.54) is 70.6 Å². The molecule has 0 saturated heterocycles. The highest BCUT2D eigenvalue weighted by Gasteiger charge is 2.05. The van der Waals surface area contributed by atoms with Gasteiger partial charge >= 0.3 is 0 Å². The number of unbranched alkanes of at least 4 members (excludes halogenated alkanes) is 7. The fourth-order valence-electron chi connectivity index (χ4n) is 2.36. The summed E-state index contributed by atoms with van der Waals surface area (Å²) in [6, 6.07) is 0. The van der Waals surface area contributed by atoms with Gasteiger partial charge in [0, 0.05) is 6.61 Å². The predicted molar refractivity (Wildman–Crippen MR) is 91.3 cm³/mol. The molecule has 0 bridgehead atoms. The third-order valence-corrected chi connectivity index (χ3v) is 3.84. The Morgan fingerprint density at radius 3 is 2.00 bits per heavy atom. The van der Waals surface area contributed by atoms with Gasteiger partial charge in [0.1, 0.15) is 0 Å². The lowest BCUT2D eigenvalue weighted by atomic mass is 10.1. The van der Waals surface area contributed by atoms with Crippen molar-refractivity contribution in [1.29, 1.82) is 0 Å². The van der Waals surface area contributed by atoms with Crippen molar-refractivity contribution in [3.05, 3.63) is 12.2 Å². The van der Waals surface area contributed by atoms with Crippen molar-refractivity contribution in [2.24, 2.45) is 0 Å². The van der Waals surface area contributed by atoms with Crippen molar-refractivity contribution in [1.82, 2.24) is 0 Å². The van der Waals surface area contributed by atoms with E-state index < -0.39 is 0 Å². The van der Waals surface area contributed by atoms with Crippen LogP contribution in [0.2, 0.25) is 0 Å². The summed E-state index contributed by atoms with van der Waals surface area (Å²) in [5.74, 6) is 0. The fourth-order valence-corrected chi connectivity index (χ4v) is 2.36. The molecule has 1 nitrogen and oxygen atoms in total. The van der Waals surface area contributed by atoms with E-state index in [0.717, 1.165) is 13.0 Å². The van der Waals surface area contributed by atoms with Crippen molar-refractivity contribution in [3.63, 3.8) is 0 Å². The smallest absolute Gasteiger partial charge is 0.0572 e. The van der Waals surface area contributed by atoms with E-state index in [1.807, 2.05) is 0 Å². The van der Waals surface area contributed by atoms with Crippen molar-refractivity contribution in [2.75, 3.05) is 6.61 Å². The molecule has 0 aromatic carbocycles. The van der Waals surface area contributed by atoms with Crippen LogP contribution < -0.4 is 0 Å². The molecule has 1 unspecified atom stereocenters. The van der Waals surface area contributed by atoms with Crippen LogP contribution in [0, 0.1) is 0 Å². The van der Waals surface area contributed by atoms with Crippen molar-refractivity contribution < 1.29 is 4.74 Å². The molecule has 0 N–H and O–H groups in total. The van der Waals surface area contributed by atoms with Crippen LogP contribution in [0.25, 0.3) is 0 Å². The molecular formula is C19H38O. The summed E-state index contributed by atoms with van der Waals surface area (Å²) < 4.78 is 5.90. The highest BCUT2D eigenvalue weighted by Crippen LogP contribution is 2.11. The molecule has 20 heavy (non-hydrogen) atoms. The van der Waals surface area contributed by atoms with Gasteiger partial charge in [-0.1, -0.05) is 65.0 Å². The first-order chi connectivity index (χ1) is 9.85. The Kier molecular flexibility index (Phi) is 16.5. The Balaban J connectivity index is 3.33. The van der Waals surface area contributed by atoms with Crippen LogP contribution >= 0.6 is 0 Å². The summed E-state index contributed by atoms with van der Waals surface area (Å²) in [4.78, 5) is 0. The molecule has 0 heterocycles. The second-order valence-corrected chi connectivity index (χ2v) is 5.86. The SMILES string of the molecule is CCCCCC/C=C\CCCCC(CC)OCCCC. The third kappa shape index (κ3) is 14.1. The van der Waals surface area contributed by atoms with E-state index >= 15 is 0 Å². The minimum absolute atomic E-state index is 0.500. The maximum absolute atomic E-state index is 5.90. The van der Waals surface area contributed by atoms with E-state index in [9.17, 15) is 0 Å². The second-order valence-electron chi connectivity index (χ2n) is 5.86. The van der Waals surface area contributed by atoms with Gasteiger partial charge in [-0.15, -0.1) is 0 Å². The molecule has 0 amide bonds. The highest BCUT2D eigenvalue weighted by molar-refractivity contribution is 4.81. The molecule has 0 radical (unpaired) electrons. The molecule has 0 aliphatic rings. The lowest BCUT2D eigenvalue weighted by Crippen LogP contribution is -2.12. The van der Waals surface area contributed by atoms with Gasteiger partial charge in [0.15, 0.2) is 0 Å². The van der Waals surface area contributed by atoms with E-state index in [0.29, 0.717) is 6.10 Å². The molecular weight excluding hydrogens is 244 g/mol. The average Bonchev–Trinajstić information content (AvgIpc) is 2.47. The molecule has 0 aliphatic heterocycles. The summed E-state index contributed by atoms with van der Waals surface area (Å²) in [7, 11) is 0. The average molecular weight is 283 g/mol. The molecule has 0 saturated carbocycles. The van der Waals surface area contributed by atoms with Gasteiger partial charge < -0.3 is 4.74 Å². The van der Waals surface area contributed by atoms with Crippen LogP contribution in [0.4, 0.5) is 0 Å².